The van der Waals surface area contributed by atoms with E-state index in [2.05, 4.69) is 87.5 Å². The summed E-state index contributed by atoms with van der Waals surface area (Å²) in [5, 5.41) is 0. The van der Waals surface area contributed by atoms with Crippen LogP contribution in [0.1, 0.15) is 30.5 Å². The summed E-state index contributed by atoms with van der Waals surface area (Å²) in [5.74, 6) is 0. The maximum Gasteiger partial charge on any atom is 0.0159 e. The normalized spacial score (nSPS) is 14.5. The van der Waals surface area contributed by atoms with Crippen LogP contribution in [-0.2, 0) is 5.41 Å². The highest BCUT2D eigenvalue weighted by Crippen LogP contribution is 2.52. The lowest BCUT2D eigenvalue weighted by molar-refractivity contribution is 0.660. The minimum Gasteiger partial charge on any atom is -0.0620 e. The van der Waals surface area contributed by atoms with Gasteiger partial charge >= 0.3 is 0 Å². The van der Waals surface area contributed by atoms with Gasteiger partial charge in [0.05, 0.1) is 0 Å². The van der Waals surface area contributed by atoms with Gasteiger partial charge in [-0.1, -0.05) is 80.6 Å². The Morgan fingerprint density at radius 3 is 1.95 bits per heavy atom. The van der Waals surface area contributed by atoms with Crippen molar-refractivity contribution in [2.45, 2.75) is 26.2 Å². The molecule has 3 aromatic carbocycles. The molecule has 0 saturated carbocycles. The third kappa shape index (κ3) is 1.70. The molecule has 0 aliphatic heterocycles. The molecule has 3 aromatic rings. The van der Waals surface area contributed by atoms with E-state index in [0.29, 0.717) is 0 Å². The summed E-state index contributed by atoms with van der Waals surface area (Å²) < 4.78 is 0. The molecule has 0 heteroatoms. The zero-order chi connectivity index (χ0) is 15.3. The van der Waals surface area contributed by atoms with Gasteiger partial charge in [0.15, 0.2) is 0 Å². The highest BCUT2D eigenvalue weighted by atomic mass is 14.4. The van der Waals surface area contributed by atoms with Crippen LogP contribution in [0, 0.1) is 6.92 Å². The second-order valence-electron chi connectivity index (χ2n) is 6.71. The van der Waals surface area contributed by atoms with E-state index in [9.17, 15) is 0 Å². The van der Waals surface area contributed by atoms with Crippen LogP contribution in [0.4, 0.5) is 0 Å². The van der Waals surface area contributed by atoms with E-state index in [1.54, 1.807) is 0 Å². The van der Waals surface area contributed by atoms with Crippen molar-refractivity contribution < 1.29 is 0 Å². The van der Waals surface area contributed by atoms with E-state index < -0.39 is 0 Å². The maximum absolute atomic E-state index is 2.33. The van der Waals surface area contributed by atoms with Crippen molar-refractivity contribution in [3.05, 3.63) is 83.4 Å². The van der Waals surface area contributed by atoms with Crippen LogP contribution in [0.15, 0.2) is 66.7 Å². The van der Waals surface area contributed by atoms with Crippen molar-refractivity contribution >= 4 is 0 Å². The fourth-order valence-corrected chi connectivity index (χ4v) is 3.85. The molecule has 0 N–H and O–H groups in total. The van der Waals surface area contributed by atoms with Crippen molar-refractivity contribution in [2.24, 2.45) is 0 Å². The highest BCUT2D eigenvalue weighted by Gasteiger charge is 2.36. The third-order valence-corrected chi connectivity index (χ3v) is 5.04. The summed E-state index contributed by atoms with van der Waals surface area (Å²) in [5.41, 5.74) is 9.78. The van der Waals surface area contributed by atoms with Gasteiger partial charge in [0.1, 0.15) is 0 Å². The molecule has 0 fully saturated rings. The smallest absolute Gasteiger partial charge is 0.0159 e. The Hall–Kier alpha value is -2.34. The van der Waals surface area contributed by atoms with E-state index in [0.717, 1.165) is 0 Å². The minimum atomic E-state index is 0.0740. The molecule has 0 amide bonds. The number of aryl methyl sites for hydroxylation is 1. The molecule has 0 radical (unpaired) electrons. The van der Waals surface area contributed by atoms with Gasteiger partial charge in [0.25, 0.3) is 0 Å². The lowest BCUT2D eigenvalue weighted by Crippen LogP contribution is -2.14. The van der Waals surface area contributed by atoms with Crippen LogP contribution in [0.25, 0.3) is 22.3 Å². The SMILES string of the molecule is Cc1ccccc1-c1cccc2c1-c1ccccc1C2(C)C. The third-order valence-electron chi connectivity index (χ3n) is 5.04. The van der Waals surface area contributed by atoms with Crippen LogP contribution in [-0.4, -0.2) is 0 Å². The predicted octanol–water partition coefficient (Wildman–Crippen LogP) is 5.97. The van der Waals surface area contributed by atoms with Crippen molar-refractivity contribution in [3.8, 4) is 22.3 Å². The standard InChI is InChI=1S/C22H20/c1-15-9-4-5-10-16(15)17-12-8-14-20-21(17)18-11-6-7-13-19(18)22(20,2)3/h4-14H,1-3H3. The van der Waals surface area contributed by atoms with E-state index >= 15 is 0 Å². The van der Waals surface area contributed by atoms with Crippen molar-refractivity contribution in [1.82, 2.24) is 0 Å². The molecule has 1 aliphatic carbocycles. The number of hydrogen-bond donors (Lipinski definition) is 0. The van der Waals surface area contributed by atoms with Crippen molar-refractivity contribution in [2.75, 3.05) is 0 Å². The van der Waals surface area contributed by atoms with E-state index in [4.69, 9.17) is 0 Å². The first-order chi connectivity index (χ1) is 10.6. The average molecular weight is 284 g/mol. The first-order valence-corrected chi connectivity index (χ1v) is 7.90. The van der Waals surface area contributed by atoms with Crippen LogP contribution in [0.3, 0.4) is 0 Å². The summed E-state index contributed by atoms with van der Waals surface area (Å²) >= 11 is 0. The van der Waals surface area contributed by atoms with E-state index in [1.165, 1.54) is 38.9 Å². The summed E-state index contributed by atoms with van der Waals surface area (Å²) in [7, 11) is 0. The summed E-state index contributed by atoms with van der Waals surface area (Å²) in [6, 6.07) is 24.3. The molecule has 4 rings (SSSR count). The molecule has 0 aromatic heterocycles. The Morgan fingerprint density at radius 2 is 1.18 bits per heavy atom. The molecule has 108 valence electrons. The van der Waals surface area contributed by atoms with Gasteiger partial charge in [-0.2, -0.15) is 0 Å². The van der Waals surface area contributed by atoms with Gasteiger partial charge in [0.2, 0.25) is 0 Å². The van der Waals surface area contributed by atoms with Gasteiger partial charge in [-0.05, 0) is 45.9 Å². The molecule has 0 spiro atoms. The van der Waals surface area contributed by atoms with Gasteiger partial charge < -0.3 is 0 Å². The fourth-order valence-electron chi connectivity index (χ4n) is 3.85. The average Bonchev–Trinajstić information content (AvgIpc) is 2.77. The molecule has 0 unspecified atom stereocenters. The van der Waals surface area contributed by atoms with E-state index in [-0.39, 0.29) is 5.41 Å². The Bertz CT molecular complexity index is 869. The van der Waals surface area contributed by atoms with Crippen LogP contribution >= 0.6 is 0 Å². The van der Waals surface area contributed by atoms with Gasteiger partial charge in [0, 0.05) is 5.41 Å². The fraction of sp³-hybridized carbons (Fsp3) is 0.182. The topological polar surface area (TPSA) is 0 Å². The zero-order valence-electron chi connectivity index (χ0n) is 13.4. The predicted molar refractivity (Wildman–Crippen MR) is 94.2 cm³/mol. The van der Waals surface area contributed by atoms with Crippen LogP contribution in [0.2, 0.25) is 0 Å². The molecule has 0 bridgehead atoms. The Labute approximate surface area is 132 Å². The Balaban J connectivity index is 2.09. The van der Waals surface area contributed by atoms with E-state index in [1.807, 2.05) is 0 Å². The van der Waals surface area contributed by atoms with Crippen LogP contribution < -0.4 is 0 Å². The molecule has 1 aliphatic rings. The summed E-state index contributed by atoms with van der Waals surface area (Å²) in [6.07, 6.45) is 0. The summed E-state index contributed by atoms with van der Waals surface area (Å²) in [6.45, 7) is 6.86. The van der Waals surface area contributed by atoms with Gasteiger partial charge in [-0.25, -0.2) is 0 Å². The number of fused-ring (bicyclic) bond motifs is 3. The Morgan fingerprint density at radius 1 is 0.591 bits per heavy atom. The molecule has 0 heterocycles. The second-order valence-corrected chi connectivity index (χ2v) is 6.71. The van der Waals surface area contributed by atoms with Crippen LogP contribution in [0.5, 0.6) is 0 Å². The number of rotatable bonds is 1. The van der Waals surface area contributed by atoms with Gasteiger partial charge in [-0.15, -0.1) is 0 Å². The largest absolute Gasteiger partial charge is 0.0620 e. The monoisotopic (exact) mass is 284 g/mol. The minimum absolute atomic E-state index is 0.0740. The summed E-state index contributed by atoms with van der Waals surface area (Å²) in [4.78, 5) is 0. The molecule has 0 saturated heterocycles. The lowest BCUT2D eigenvalue weighted by atomic mass is 9.82. The first kappa shape index (κ1) is 13.3. The van der Waals surface area contributed by atoms with Crippen molar-refractivity contribution in [3.63, 3.8) is 0 Å². The Kier molecular flexibility index (Phi) is 2.77. The molecule has 22 heavy (non-hydrogen) atoms. The molecular formula is C22H20. The molecule has 0 atom stereocenters. The zero-order valence-corrected chi connectivity index (χ0v) is 13.4. The first-order valence-electron chi connectivity index (χ1n) is 7.90. The van der Waals surface area contributed by atoms with Crippen molar-refractivity contribution in [1.29, 1.82) is 0 Å². The number of hydrogen-bond acceptors (Lipinski definition) is 0. The molecular weight excluding hydrogens is 264 g/mol. The maximum atomic E-state index is 2.33. The molecule has 0 nitrogen and oxygen atoms in total. The quantitative estimate of drug-likeness (QED) is 0.516. The number of benzene rings is 3. The lowest BCUT2D eigenvalue weighted by Gasteiger charge is -2.21. The highest BCUT2D eigenvalue weighted by molar-refractivity contribution is 5.93. The van der Waals surface area contributed by atoms with Gasteiger partial charge in [-0.3, -0.25) is 0 Å². The second kappa shape index (κ2) is 4.58.